The fraction of sp³-hybridized carbons (Fsp3) is 0.585. The summed E-state index contributed by atoms with van der Waals surface area (Å²) >= 11 is 8.21. The largest absolute Gasteiger partial charge is 0.491 e. The number of morpholine rings is 1. The van der Waals surface area contributed by atoms with Gasteiger partial charge in [0.1, 0.15) is 63.5 Å². The minimum absolute atomic E-state index is 0.00561. The second-order valence-corrected chi connectivity index (χ2v) is 18.0. The molecule has 8 atom stereocenters. The number of nitrogens with zero attached hydrogens (tertiary/aromatic N) is 5. The standard InChI is InChI=1S/C41H50ClN7O10S/c1-5-25-19-41(25,38(52)53)45-36(50)29-17-27(20-49(29)37(51)34(21(2)3)44-39(54)58-26-15-23-14-24(23)16-26)57-31-18-32(59-40-47-46-22(4)60-40)43-35-28(31)6-7-30(33(35)42)56-13-10-48-8-11-55-12-9-48/h6-7,18,23-27,29,34H,2,5,8-17,19-20H2,1,3-4H3,(H,44,54)(H,45,50)(H,52,53)/t23-,24+,25-,26+,27-,29+,34+,41-/m1/s1. The third-order valence-electron chi connectivity index (χ3n) is 12.2. The number of halogens is 1. The Kier molecular flexibility index (Phi) is 12.1. The first-order valence-corrected chi connectivity index (χ1v) is 21.7. The fourth-order valence-corrected chi connectivity index (χ4v) is 9.54. The molecule has 8 rings (SSSR count). The van der Waals surface area contributed by atoms with Crippen LogP contribution in [0.15, 0.2) is 30.4 Å². The first kappa shape index (κ1) is 41.9. The molecule has 3 saturated carbocycles. The lowest BCUT2D eigenvalue weighted by Gasteiger charge is -2.29. The molecule has 60 heavy (non-hydrogen) atoms. The monoisotopic (exact) mass is 867 g/mol. The van der Waals surface area contributed by atoms with Gasteiger partial charge in [0.05, 0.1) is 19.8 Å². The van der Waals surface area contributed by atoms with Crippen molar-refractivity contribution < 1.29 is 48.0 Å². The molecule has 0 bridgehead atoms. The molecule has 2 aromatic heterocycles. The van der Waals surface area contributed by atoms with Crippen LogP contribution >= 0.6 is 22.9 Å². The zero-order chi connectivity index (χ0) is 42.3. The van der Waals surface area contributed by atoms with E-state index in [9.17, 15) is 24.3 Å². The highest BCUT2D eigenvalue weighted by Crippen LogP contribution is 2.52. The van der Waals surface area contributed by atoms with Gasteiger partial charge in [-0.15, -0.1) is 5.10 Å². The maximum absolute atomic E-state index is 14.5. The molecule has 322 valence electrons. The number of fused-ring (bicyclic) bond motifs is 2. The predicted octanol–water partition coefficient (Wildman–Crippen LogP) is 4.74. The van der Waals surface area contributed by atoms with Gasteiger partial charge in [-0.1, -0.05) is 48.0 Å². The topological polar surface area (TPSA) is 204 Å². The molecule has 3 aromatic rings. The molecule has 0 radical (unpaired) electrons. The SMILES string of the molecule is C=C(C)[C@H](NC(=O)O[C@@H]1C[C@@H]2C[C@@H]2C1)C(=O)N1C[C@H](Oc2cc(Oc3nnc(C)s3)nc3c(Cl)c(OCCN4CCOCC4)ccc23)C[C@H]1C(=O)N[C@]1(C(=O)O)C[C@H]1CC. The van der Waals surface area contributed by atoms with E-state index < -0.39 is 47.6 Å². The smallest absolute Gasteiger partial charge is 0.408 e. The summed E-state index contributed by atoms with van der Waals surface area (Å²) in [6, 6.07) is 2.70. The van der Waals surface area contributed by atoms with Crippen LogP contribution in [0.1, 0.15) is 57.4 Å². The Labute approximate surface area is 356 Å². The van der Waals surface area contributed by atoms with Crippen molar-refractivity contribution in [3.8, 4) is 22.6 Å². The van der Waals surface area contributed by atoms with Gasteiger partial charge in [0.25, 0.3) is 0 Å². The number of aryl methyl sites for hydroxylation is 1. The summed E-state index contributed by atoms with van der Waals surface area (Å²) in [5, 5.41) is 25.4. The molecule has 2 saturated heterocycles. The van der Waals surface area contributed by atoms with Crippen molar-refractivity contribution in [2.45, 2.75) is 89.1 Å². The minimum atomic E-state index is -1.44. The molecule has 3 aliphatic carbocycles. The van der Waals surface area contributed by atoms with Gasteiger partial charge in [0.15, 0.2) is 0 Å². The Morgan fingerprint density at radius 2 is 1.87 bits per heavy atom. The maximum atomic E-state index is 14.5. The van der Waals surface area contributed by atoms with Gasteiger partial charge in [0, 0.05) is 37.5 Å². The highest BCUT2D eigenvalue weighted by atomic mass is 35.5. The third-order valence-corrected chi connectivity index (χ3v) is 13.3. The van der Waals surface area contributed by atoms with Crippen LogP contribution in [-0.4, -0.2) is 130 Å². The van der Waals surface area contributed by atoms with Crippen molar-refractivity contribution in [2.75, 3.05) is 46.0 Å². The van der Waals surface area contributed by atoms with Crippen molar-refractivity contribution in [1.82, 2.24) is 35.6 Å². The molecule has 0 spiro atoms. The second kappa shape index (κ2) is 17.3. The molecule has 2 aliphatic heterocycles. The first-order chi connectivity index (χ1) is 28.8. The molecular formula is C41H50ClN7O10S. The lowest BCUT2D eigenvalue weighted by Crippen LogP contribution is -2.56. The van der Waals surface area contributed by atoms with Crippen molar-refractivity contribution in [2.24, 2.45) is 17.8 Å². The van der Waals surface area contributed by atoms with Gasteiger partial charge < -0.3 is 44.3 Å². The Morgan fingerprint density at radius 1 is 1.10 bits per heavy atom. The normalized spacial score (nSPS) is 27.4. The summed E-state index contributed by atoms with van der Waals surface area (Å²) in [6.45, 7) is 13.2. The number of carbonyl (C=O) groups is 4. The van der Waals surface area contributed by atoms with Gasteiger partial charge in [0.2, 0.25) is 17.7 Å². The van der Waals surface area contributed by atoms with Gasteiger partial charge in [-0.2, -0.15) is 0 Å². The molecule has 1 aromatic carbocycles. The number of nitrogens with one attached hydrogen (secondary N) is 2. The van der Waals surface area contributed by atoms with E-state index in [2.05, 4.69) is 32.3 Å². The zero-order valence-corrected chi connectivity index (χ0v) is 35.4. The quantitative estimate of drug-likeness (QED) is 0.167. The molecule has 4 heterocycles. The Balaban J connectivity index is 1.06. The number of likely N-dealkylation sites (tertiary alicyclic amines) is 1. The number of carboxylic acid groups (broad SMARTS) is 1. The Hall–Kier alpha value is -4.78. The average molecular weight is 868 g/mol. The number of ether oxygens (including phenoxy) is 5. The summed E-state index contributed by atoms with van der Waals surface area (Å²) in [5.41, 5.74) is -0.787. The van der Waals surface area contributed by atoms with Gasteiger partial charge in [-0.25, -0.2) is 14.6 Å². The minimum Gasteiger partial charge on any atom is -0.491 e. The zero-order valence-electron chi connectivity index (χ0n) is 33.8. The molecule has 3 N–H and O–H groups in total. The van der Waals surface area contributed by atoms with E-state index in [0.717, 1.165) is 32.4 Å². The highest BCUT2D eigenvalue weighted by molar-refractivity contribution is 7.13. The molecular weight excluding hydrogens is 818 g/mol. The van der Waals surface area contributed by atoms with E-state index in [1.54, 1.807) is 32.0 Å². The number of amides is 3. The molecule has 5 fully saturated rings. The van der Waals surface area contributed by atoms with Crippen molar-refractivity contribution in [3.63, 3.8) is 0 Å². The molecule has 0 unspecified atom stereocenters. The predicted molar refractivity (Wildman–Crippen MR) is 219 cm³/mol. The molecule has 17 nitrogen and oxygen atoms in total. The number of hydrogen-bond acceptors (Lipinski definition) is 14. The third kappa shape index (κ3) is 8.97. The number of hydrogen-bond donors (Lipinski definition) is 3. The number of carbonyl (C=O) groups excluding carboxylic acids is 3. The van der Waals surface area contributed by atoms with E-state index >= 15 is 0 Å². The van der Waals surface area contributed by atoms with E-state index in [0.29, 0.717) is 77.6 Å². The van der Waals surface area contributed by atoms with Crippen LogP contribution in [0.3, 0.4) is 0 Å². The fourth-order valence-electron chi connectivity index (χ4n) is 8.74. The number of rotatable bonds is 16. The van der Waals surface area contributed by atoms with Crippen molar-refractivity contribution >= 4 is 57.7 Å². The van der Waals surface area contributed by atoms with Gasteiger partial charge in [-0.05, 0) is 75.0 Å². The lowest BCUT2D eigenvalue weighted by atomic mass is 10.1. The summed E-state index contributed by atoms with van der Waals surface area (Å²) in [5.74, 6) is -0.664. The van der Waals surface area contributed by atoms with Crippen LogP contribution in [0.4, 0.5) is 4.79 Å². The number of aliphatic carboxylic acids is 1. The summed E-state index contributed by atoms with van der Waals surface area (Å²) in [7, 11) is 0. The highest BCUT2D eigenvalue weighted by Gasteiger charge is 2.61. The van der Waals surface area contributed by atoms with E-state index in [-0.39, 0.29) is 47.5 Å². The summed E-state index contributed by atoms with van der Waals surface area (Å²) in [4.78, 5) is 62.5. The maximum Gasteiger partial charge on any atom is 0.408 e. The molecule has 3 amide bonds. The summed E-state index contributed by atoms with van der Waals surface area (Å²) in [6.07, 6.45) is 1.82. The molecule has 19 heteroatoms. The molecule has 5 aliphatic rings. The number of carboxylic acids is 1. The number of pyridine rings is 1. The van der Waals surface area contributed by atoms with Crippen LogP contribution in [0, 0.1) is 24.7 Å². The van der Waals surface area contributed by atoms with Crippen LogP contribution in [0.25, 0.3) is 10.9 Å². The summed E-state index contributed by atoms with van der Waals surface area (Å²) < 4.78 is 29.9. The second-order valence-electron chi connectivity index (χ2n) is 16.5. The van der Waals surface area contributed by atoms with Crippen LogP contribution in [0.2, 0.25) is 5.02 Å². The van der Waals surface area contributed by atoms with Crippen LogP contribution in [0.5, 0.6) is 22.6 Å². The number of aromatic nitrogens is 3. The lowest BCUT2D eigenvalue weighted by molar-refractivity contribution is -0.145. The Morgan fingerprint density at radius 3 is 2.53 bits per heavy atom. The first-order valence-electron chi connectivity index (χ1n) is 20.5. The van der Waals surface area contributed by atoms with E-state index in [4.69, 9.17) is 40.3 Å². The van der Waals surface area contributed by atoms with Crippen molar-refractivity contribution in [3.05, 3.63) is 40.4 Å². The average Bonchev–Trinajstić information content (AvgIpc) is 3.92. The van der Waals surface area contributed by atoms with Crippen LogP contribution < -0.4 is 24.8 Å². The van der Waals surface area contributed by atoms with Gasteiger partial charge >= 0.3 is 17.3 Å². The van der Waals surface area contributed by atoms with E-state index in [1.165, 1.54) is 16.2 Å². The number of benzene rings is 1. The Bertz CT molecular complexity index is 2160. The van der Waals surface area contributed by atoms with Crippen LogP contribution in [-0.2, 0) is 23.9 Å². The number of alkyl carbamates (subject to hydrolysis) is 1. The van der Waals surface area contributed by atoms with Gasteiger partial charge in [-0.3, -0.25) is 14.5 Å². The van der Waals surface area contributed by atoms with E-state index in [1.807, 2.05) is 6.92 Å². The van der Waals surface area contributed by atoms with Crippen molar-refractivity contribution in [1.29, 1.82) is 0 Å².